The molecule has 0 aliphatic heterocycles. The van der Waals surface area contributed by atoms with Gasteiger partial charge in [0.25, 0.3) is 0 Å². The molecule has 0 saturated carbocycles. The molecule has 5 rings (SSSR count). The van der Waals surface area contributed by atoms with Crippen molar-refractivity contribution >= 4 is 23.2 Å². The second-order valence-corrected chi connectivity index (χ2v) is 9.75. The Morgan fingerprint density at radius 1 is 0.421 bits per heavy atom. The molecule has 0 aliphatic carbocycles. The summed E-state index contributed by atoms with van der Waals surface area (Å²) in [6.45, 7) is 0. The van der Waals surface area contributed by atoms with Crippen LogP contribution < -0.4 is 0 Å². The Kier molecular flexibility index (Phi) is 7.92. The minimum Gasteiger partial charge on any atom is -0.293 e. The van der Waals surface area contributed by atoms with Gasteiger partial charge >= 0.3 is 0 Å². The van der Waals surface area contributed by atoms with E-state index in [1.165, 1.54) is 0 Å². The molecule has 0 aromatic heterocycles. The standard InChI is InChI=1S/C35H27ClO2/c36-30-23-21-27(22-24-30)31(32(25-13-5-1-6-14-25)34(37)28-17-9-3-10-18-28)33(26-15-7-2-8-16-26)35(38)29-19-11-4-12-20-29/h1-24,31-33H/t32-,33-/m0/s1. The molecule has 5 aromatic rings. The largest absolute Gasteiger partial charge is 0.293 e. The van der Waals surface area contributed by atoms with Crippen molar-refractivity contribution in [1.82, 2.24) is 0 Å². The van der Waals surface area contributed by atoms with Crippen LogP contribution in [0.5, 0.6) is 0 Å². The molecule has 0 N–H and O–H groups in total. The molecule has 0 saturated heterocycles. The van der Waals surface area contributed by atoms with E-state index in [1.54, 1.807) is 0 Å². The van der Waals surface area contributed by atoms with Crippen LogP contribution in [0.15, 0.2) is 146 Å². The quantitative estimate of drug-likeness (QED) is 0.184. The second kappa shape index (κ2) is 11.9. The maximum atomic E-state index is 14.4. The average Bonchev–Trinajstić information content (AvgIpc) is 2.99. The van der Waals surface area contributed by atoms with E-state index in [0.717, 1.165) is 16.7 Å². The molecule has 0 heterocycles. The Morgan fingerprint density at radius 3 is 1.13 bits per heavy atom. The summed E-state index contributed by atoms with van der Waals surface area (Å²) in [5.41, 5.74) is 3.83. The lowest BCUT2D eigenvalue weighted by Gasteiger charge is -2.34. The third kappa shape index (κ3) is 5.51. The number of rotatable bonds is 9. The van der Waals surface area contributed by atoms with E-state index in [2.05, 4.69) is 0 Å². The molecular formula is C35H27ClO2. The van der Waals surface area contributed by atoms with Gasteiger partial charge in [-0.3, -0.25) is 9.59 Å². The fourth-order valence-corrected chi connectivity index (χ4v) is 5.32. The first-order valence-corrected chi connectivity index (χ1v) is 13.0. The number of ketones is 2. The van der Waals surface area contributed by atoms with Gasteiger partial charge < -0.3 is 0 Å². The second-order valence-electron chi connectivity index (χ2n) is 9.31. The van der Waals surface area contributed by atoms with Crippen LogP contribution in [0.2, 0.25) is 5.02 Å². The van der Waals surface area contributed by atoms with Gasteiger partial charge in [-0.25, -0.2) is 0 Å². The van der Waals surface area contributed by atoms with E-state index in [9.17, 15) is 9.59 Å². The lowest BCUT2D eigenvalue weighted by atomic mass is 9.67. The van der Waals surface area contributed by atoms with Crippen molar-refractivity contribution in [2.24, 2.45) is 0 Å². The van der Waals surface area contributed by atoms with E-state index >= 15 is 0 Å². The summed E-state index contributed by atoms with van der Waals surface area (Å²) in [6, 6.07) is 45.7. The average molecular weight is 515 g/mol. The molecule has 3 heteroatoms. The topological polar surface area (TPSA) is 34.1 Å². The Hall–Kier alpha value is -4.27. The molecule has 0 spiro atoms. The summed E-state index contributed by atoms with van der Waals surface area (Å²) in [7, 11) is 0. The molecule has 2 nitrogen and oxygen atoms in total. The smallest absolute Gasteiger partial charge is 0.170 e. The van der Waals surface area contributed by atoms with Crippen LogP contribution >= 0.6 is 11.6 Å². The Labute approximate surface area is 228 Å². The molecular weight excluding hydrogens is 488 g/mol. The number of hydrogen-bond donors (Lipinski definition) is 0. The van der Waals surface area contributed by atoms with Gasteiger partial charge in [-0.1, -0.05) is 145 Å². The normalized spacial score (nSPS) is 12.6. The molecule has 0 amide bonds. The highest BCUT2D eigenvalue weighted by Gasteiger charge is 2.41. The van der Waals surface area contributed by atoms with Crippen LogP contribution in [-0.4, -0.2) is 11.6 Å². The van der Waals surface area contributed by atoms with Crippen molar-refractivity contribution in [2.45, 2.75) is 17.8 Å². The molecule has 2 atom stereocenters. The predicted molar refractivity (Wildman–Crippen MR) is 154 cm³/mol. The zero-order chi connectivity index (χ0) is 26.3. The number of Topliss-reactive ketones (excluding diaryl/α,β-unsaturated/α-hetero) is 2. The number of benzene rings is 5. The lowest BCUT2D eigenvalue weighted by Crippen LogP contribution is -2.30. The molecule has 0 radical (unpaired) electrons. The van der Waals surface area contributed by atoms with Crippen molar-refractivity contribution in [1.29, 1.82) is 0 Å². The summed E-state index contributed by atoms with van der Waals surface area (Å²) < 4.78 is 0. The predicted octanol–water partition coefficient (Wildman–Crippen LogP) is 8.76. The van der Waals surface area contributed by atoms with Crippen molar-refractivity contribution in [3.63, 3.8) is 0 Å². The lowest BCUT2D eigenvalue weighted by molar-refractivity contribution is 0.0899. The fourth-order valence-electron chi connectivity index (χ4n) is 5.19. The highest BCUT2D eigenvalue weighted by molar-refractivity contribution is 6.30. The zero-order valence-electron chi connectivity index (χ0n) is 20.8. The van der Waals surface area contributed by atoms with Gasteiger partial charge in [-0.05, 0) is 28.8 Å². The van der Waals surface area contributed by atoms with Gasteiger partial charge in [0.15, 0.2) is 11.6 Å². The maximum absolute atomic E-state index is 14.4. The molecule has 186 valence electrons. The Morgan fingerprint density at radius 2 is 0.763 bits per heavy atom. The minimum absolute atomic E-state index is 0.0291. The van der Waals surface area contributed by atoms with Crippen molar-refractivity contribution in [2.75, 3.05) is 0 Å². The van der Waals surface area contributed by atoms with E-state index < -0.39 is 17.8 Å². The van der Waals surface area contributed by atoms with E-state index in [4.69, 9.17) is 11.6 Å². The van der Waals surface area contributed by atoms with Crippen molar-refractivity contribution in [3.05, 3.63) is 178 Å². The van der Waals surface area contributed by atoms with Crippen LogP contribution in [-0.2, 0) is 0 Å². The minimum atomic E-state index is -0.613. The van der Waals surface area contributed by atoms with Gasteiger partial charge in [0.2, 0.25) is 0 Å². The molecule has 0 unspecified atom stereocenters. The zero-order valence-corrected chi connectivity index (χ0v) is 21.5. The van der Waals surface area contributed by atoms with Gasteiger partial charge in [0.1, 0.15) is 0 Å². The van der Waals surface area contributed by atoms with Crippen molar-refractivity contribution in [3.8, 4) is 0 Å². The number of halogens is 1. The third-order valence-electron chi connectivity index (χ3n) is 6.97. The SMILES string of the molecule is O=C(c1ccccc1)[C@@H](c1ccccc1)C(c1ccc(Cl)cc1)[C@@H](C(=O)c1ccccc1)c1ccccc1. The van der Waals surface area contributed by atoms with Crippen LogP contribution in [0.3, 0.4) is 0 Å². The summed E-state index contributed by atoms with van der Waals surface area (Å²) in [5, 5.41) is 0.601. The third-order valence-corrected chi connectivity index (χ3v) is 7.22. The van der Waals surface area contributed by atoms with Gasteiger partial charge in [0, 0.05) is 22.1 Å². The first-order valence-electron chi connectivity index (χ1n) is 12.7. The highest BCUT2D eigenvalue weighted by Crippen LogP contribution is 2.46. The van der Waals surface area contributed by atoms with Crippen LogP contribution in [0.1, 0.15) is 55.2 Å². The maximum Gasteiger partial charge on any atom is 0.170 e. The van der Waals surface area contributed by atoms with E-state index in [-0.39, 0.29) is 11.6 Å². The van der Waals surface area contributed by atoms with Crippen LogP contribution in [0.25, 0.3) is 0 Å². The van der Waals surface area contributed by atoms with Crippen LogP contribution in [0, 0.1) is 0 Å². The first kappa shape index (κ1) is 25.4. The van der Waals surface area contributed by atoms with Gasteiger partial charge in [-0.15, -0.1) is 0 Å². The molecule has 0 aliphatic rings. The molecule has 5 aromatic carbocycles. The summed E-state index contributed by atoms with van der Waals surface area (Å²) in [6.07, 6.45) is 0. The molecule has 0 bridgehead atoms. The monoisotopic (exact) mass is 514 g/mol. The Bertz CT molecular complexity index is 1390. The highest BCUT2D eigenvalue weighted by atomic mass is 35.5. The Balaban J connectivity index is 1.78. The fraction of sp³-hybridized carbons (Fsp3) is 0.0857. The number of carbonyl (C=O) groups excluding carboxylic acids is 2. The van der Waals surface area contributed by atoms with Crippen LogP contribution in [0.4, 0.5) is 0 Å². The number of hydrogen-bond acceptors (Lipinski definition) is 2. The van der Waals surface area contributed by atoms with E-state index in [1.807, 2.05) is 146 Å². The summed E-state index contributed by atoms with van der Waals surface area (Å²) >= 11 is 6.29. The molecule has 38 heavy (non-hydrogen) atoms. The van der Waals surface area contributed by atoms with Crippen molar-refractivity contribution < 1.29 is 9.59 Å². The van der Waals surface area contributed by atoms with Gasteiger partial charge in [0.05, 0.1) is 11.8 Å². The first-order chi connectivity index (χ1) is 18.6. The molecule has 0 fully saturated rings. The summed E-state index contributed by atoms with van der Waals surface area (Å²) in [5.74, 6) is -1.77. The van der Waals surface area contributed by atoms with E-state index in [0.29, 0.717) is 16.1 Å². The summed E-state index contributed by atoms with van der Waals surface area (Å²) in [4.78, 5) is 28.8. The number of carbonyl (C=O) groups is 2. The van der Waals surface area contributed by atoms with Gasteiger partial charge in [-0.2, -0.15) is 0 Å².